The van der Waals surface area contributed by atoms with Crippen molar-refractivity contribution in [1.82, 2.24) is 10.6 Å². The number of benzene rings is 1. The Kier molecular flexibility index (Phi) is 8.53. The van der Waals surface area contributed by atoms with Gasteiger partial charge < -0.3 is 20.7 Å². The van der Waals surface area contributed by atoms with Crippen molar-refractivity contribution in [2.45, 2.75) is 39.7 Å². The molecule has 0 atom stereocenters. The van der Waals surface area contributed by atoms with Gasteiger partial charge in [0.05, 0.1) is 12.0 Å². The molecule has 6 nitrogen and oxygen atoms in total. The van der Waals surface area contributed by atoms with Crippen LogP contribution in [-0.4, -0.2) is 44.7 Å². The van der Waals surface area contributed by atoms with E-state index in [-0.39, 0.29) is 30.3 Å². The third-order valence-electron chi connectivity index (χ3n) is 4.62. The summed E-state index contributed by atoms with van der Waals surface area (Å²) in [6.07, 6.45) is 1.47. The summed E-state index contributed by atoms with van der Waals surface area (Å²) in [5.74, 6) is -0.174. The highest BCUT2D eigenvalue weighted by Gasteiger charge is 2.39. The van der Waals surface area contributed by atoms with Crippen LogP contribution in [0.25, 0.3) is 0 Å². The molecular formula is C19H30ClN3O3. The summed E-state index contributed by atoms with van der Waals surface area (Å²) < 4.78 is 5.32. The summed E-state index contributed by atoms with van der Waals surface area (Å²) in [6, 6.07) is 5.49. The lowest BCUT2D eigenvalue weighted by Crippen LogP contribution is -2.47. The van der Waals surface area contributed by atoms with E-state index in [4.69, 9.17) is 4.74 Å². The van der Waals surface area contributed by atoms with Gasteiger partial charge in [-0.05, 0) is 64.4 Å². The Morgan fingerprint density at radius 3 is 2.50 bits per heavy atom. The van der Waals surface area contributed by atoms with E-state index < -0.39 is 5.41 Å². The minimum Gasteiger partial charge on any atom is -0.384 e. The summed E-state index contributed by atoms with van der Waals surface area (Å²) in [4.78, 5) is 25.2. The van der Waals surface area contributed by atoms with Crippen LogP contribution < -0.4 is 16.0 Å². The minimum atomic E-state index is -0.523. The lowest BCUT2D eigenvalue weighted by atomic mass is 9.78. The van der Waals surface area contributed by atoms with Crippen molar-refractivity contribution in [1.29, 1.82) is 0 Å². The number of aryl methyl sites for hydroxylation is 1. The van der Waals surface area contributed by atoms with Crippen LogP contribution in [0.15, 0.2) is 18.2 Å². The number of carbonyl (C=O) groups excluding carboxylic acids is 2. The van der Waals surface area contributed by atoms with Gasteiger partial charge in [-0.25, -0.2) is 0 Å². The van der Waals surface area contributed by atoms with Crippen molar-refractivity contribution in [3.05, 3.63) is 29.3 Å². The zero-order valence-corrected chi connectivity index (χ0v) is 16.8. The zero-order valence-electron chi connectivity index (χ0n) is 16.0. The van der Waals surface area contributed by atoms with Crippen LogP contribution in [-0.2, 0) is 9.53 Å². The number of carbonyl (C=O) groups is 2. The normalized spacial score (nSPS) is 15.9. The first-order valence-corrected chi connectivity index (χ1v) is 8.80. The molecular weight excluding hydrogens is 354 g/mol. The van der Waals surface area contributed by atoms with Crippen LogP contribution >= 0.6 is 12.4 Å². The Morgan fingerprint density at radius 1 is 1.27 bits per heavy atom. The fourth-order valence-corrected chi connectivity index (χ4v) is 3.17. The molecule has 0 aromatic heterocycles. The van der Waals surface area contributed by atoms with E-state index in [1.807, 2.05) is 32.9 Å². The van der Waals surface area contributed by atoms with Crippen molar-refractivity contribution in [3.63, 3.8) is 0 Å². The first kappa shape index (κ1) is 22.4. The molecule has 0 aliphatic carbocycles. The van der Waals surface area contributed by atoms with Crippen LogP contribution in [0.2, 0.25) is 0 Å². The number of rotatable bonds is 6. The Bertz CT molecular complexity index is 623. The number of nitrogens with one attached hydrogen (secondary N) is 3. The standard InChI is InChI=1S/C19H29N3O3.ClH/c1-13(2)21-17(23)16-11-15(6-5-14(16)3)22-18(24)19(12-25-4)7-9-20-10-8-19;/h5-6,11,13,20H,7-10,12H2,1-4H3,(H,21,23)(H,22,24);1H. The molecule has 7 heteroatoms. The van der Waals surface area contributed by atoms with E-state index >= 15 is 0 Å². The molecule has 0 saturated carbocycles. The molecule has 2 amide bonds. The second kappa shape index (κ2) is 9.90. The predicted molar refractivity (Wildman–Crippen MR) is 106 cm³/mol. The van der Waals surface area contributed by atoms with Gasteiger partial charge in [-0.2, -0.15) is 0 Å². The average Bonchev–Trinajstić information content (AvgIpc) is 2.57. The molecule has 0 unspecified atom stereocenters. The lowest BCUT2D eigenvalue weighted by molar-refractivity contribution is -0.130. The Hall–Kier alpha value is -1.63. The van der Waals surface area contributed by atoms with Gasteiger partial charge in [0.1, 0.15) is 0 Å². The van der Waals surface area contributed by atoms with E-state index in [2.05, 4.69) is 16.0 Å². The van der Waals surface area contributed by atoms with Gasteiger partial charge in [0, 0.05) is 24.4 Å². The quantitative estimate of drug-likeness (QED) is 0.705. The van der Waals surface area contributed by atoms with Crippen molar-refractivity contribution < 1.29 is 14.3 Å². The lowest BCUT2D eigenvalue weighted by Gasteiger charge is -2.35. The number of ether oxygens (including phenoxy) is 1. The van der Waals surface area contributed by atoms with Crippen LogP contribution in [0.5, 0.6) is 0 Å². The number of methoxy groups -OCH3 is 1. The number of hydrogen-bond donors (Lipinski definition) is 3. The Labute approximate surface area is 161 Å². The van der Waals surface area contributed by atoms with E-state index in [0.717, 1.165) is 31.5 Å². The van der Waals surface area contributed by atoms with Crippen LogP contribution in [0.1, 0.15) is 42.6 Å². The second-order valence-corrected chi connectivity index (χ2v) is 7.08. The summed E-state index contributed by atoms with van der Waals surface area (Å²) in [5.41, 5.74) is 1.58. The maximum absolute atomic E-state index is 12.9. The van der Waals surface area contributed by atoms with Gasteiger partial charge in [0.15, 0.2) is 0 Å². The molecule has 0 bridgehead atoms. The summed E-state index contributed by atoms with van der Waals surface area (Å²) in [7, 11) is 1.62. The molecule has 3 N–H and O–H groups in total. The Balaban J connectivity index is 0.00000338. The molecule has 1 saturated heterocycles. The first-order chi connectivity index (χ1) is 11.9. The van der Waals surface area contributed by atoms with Crippen molar-refractivity contribution in [2.75, 3.05) is 32.1 Å². The smallest absolute Gasteiger partial charge is 0.251 e. The van der Waals surface area contributed by atoms with Crippen LogP contribution in [0, 0.1) is 12.3 Å². The fourth-order valence-electron chi connectivity index (χ4n) is 3.17. The highest BCUT2D eigenvalue weighted by molar-refractivity contribution is 5.99. The zero-order chi connectivity index (χ0) is 18.4. The Morgan fingerprint density at radius 2 is 1.92 bits per heavy atom. The largest absolute Gasteiger partial charge is 0.384 e. The molecule has 1 aliphatic heterocycles. The topological polar surface area (TPSA) is 79.5 Å². The maximum atomic E-state index is 12.9. The SMILES string of the molecule is COCC1(C(=O)Nc2ccc(C)c(C(=O)NC(C)C)c2)CCNCC1.Cl. The van der Waals surface area contributed by atoms with Gasteiger partial charge in [0.25, 0.3) is 5.91 Å². The van der Waals surface area contributed by atoms with Crippen molar-refractivity contribution >= 4 is 29.9 Å². The maximum Gasteiger partial charge on any atom is 0.251 e. The third-order valence-corrected chi connectivity index (χ3v) is 4.62. The highest BCUT2D eigenvalue weighted by Crippen LogP contribution is 2.31. The van der Waals surface area contributed by atoms with E-state index in [1.165, 1.54) is 0 Å². The van der Waals surface area contributed by atoms with Crippen LogP contribution in [0.3, 0.4) is 0 Å². The van der Waals surface area contributed by atoms with Gasteiger partial charge in [0.2, 0.25) is 5.91 Å². The van der Waals surface area contributed by atoms with Crippen molar-refractivity contribution in [2.24, 2.45) is 5.41 Å². The molecule has 2 rings (SSSR count). The molecule has 146 valence electrons. The molecule has 1 aromatic rings. The number of hydrogen-bond acceptors (Lipinski definition) is 4. The molecule has 1 aliphatic rings. The summed E-state index contributed by atoms with van der Waals surface area (Å²) in [5, 5.41) is 9.16. The predicted octanol–water partition coefficient (Wildman–Crippen LogP) is 2.51. The molecule has 0 radical (unpaired) electrons. The second-order valence-electron chi connectivity index (χ2n) is 7.08. The third kappa shape index (κ3) is 5.43. The molecule has 0 spiro atoms. The van der Waals surface area contributed by atoms with Gasteiger partial charge in [-0.3, -0.25) is 9.59 Å². The van der Waals surface area contributed by atoms with Crippen LogP contribution in [0.4, 0.5) is 5.69 Å². The number of piperidine rings is 1. The number of amides is 2. The molecule has 26 heavy (non-hydrogen) atoms. The molecule has 1 aromatic carbocycles. The van der Waals surface area contributed by atoms with Gasteiger partial charge in [-0.1, -0.05) is 6.07 Å². The average molecular weight is 384 g/mol. The molecule has 1 fully saturated rings. The minimum absolute atomic E-state index is 0. The van der Waals surface area contributed by atoms with E-state index in [9.17, 15) is 9.59 Å². The first-order valence-electron chi connectivity index (χ1n) is 8.80. The van der Waals surface area contributed by atoms with Gasteiger partial charge in [-0.15, -0.1) is 12.4 Å². The van der Waals surface area contributed by atoms with Crippen molar-refractivity contribution in [3.8, 4) is 0 Å². The number of anilines is 1. The monoisotopic (exact) mass is 383 g/mol. The number of halogens is 1. The molecule has 1 heterocycles. The van der Waals surface area contributed by atoms with E-state index in [1.54, 1.807) is 13.2 Å². The summed E-state index contributed by atoms with van der Waals surface area (Å²) in [6.45, 7) is 7.72. The summed E-state index contributed by atoms with van der Waals surface area (Å²) >= 11 is 0. The van der Waals surface area contributed by atoms with Gasteiger partial charge >= 0.3 is 0 Å². The highest BCUT2D eigenvalue weighted by atomic mass is 35.5. The van der Waals surface area contributed by atoms with E-state index in [0.29, 0.717) is 17.9 Å². The fraction of sp³-hybridized carbons (Fsp3) is 0.579.